The molecular formula is C18H27ClN4O2. The Morgan fingerprint density at radius 2 is 2.20 bits per heavy atom. The van der Waals surface area contributed by atoms with Crippen LogP contribution in [0.2, 0.25) is 5.02 Å². The van der Waals surface area contributed by atoms with Crippen molar-refractivity contribution in [1.82, 2.24) is 19.6 Å². The van der Waals surface area contributed by atoms with Crippen LogP contribution in [0.25, 0.3) is 0 Å². The Balaban J connectivity index is 1.63. The van der Waals surface area contributed by atoms with E-state index in [4.69, 9.17) is 11.6 Å². The van der Waals surface area contributed by atoms with Crippen molar-refractivity contribution in [2.24, 2.45) is 5.41 Å². The molecule has 2 saturated heterocycles. The Kier molecular flexibility index (Phi) is 5.67. The Morgan fingerprint density at radius 3 is 2.92 bits per heavy atom. The third-order valence-electron chi connectivity index (χ3n) is 5.44. The number of rotatable bonds is 5. The molecule has 0 saturated carbocycles. The molecule has 0 aromatic carbocycles. The molecule has 3 rings (SSSR count). The van der Waals surface area contributed by atoms with Crippen molar-refractivity contribution >= 4 is 23.4 Å². The zero-order valence-corrected chi connectivity index (χ0v) is 15.7. The number of carbonyl (C=O) groups is 2. The fraction of sp³-hybridized carbons (Fsp3) is 0.722. The van der Waals surface area contributed by atoms with E-state index in [0.29, 0.717) is 11.4 Å². The van der Waals surface area contributed by atoms with E-state index in [2.05, 4.69) is 12.0 Å². The first kappa shape index (κ1) is 18.2. The summed E-state index contributed by atoms with van der Waals surface area (Å²) < 4.78 is 1.59. The minimum Gasteiger partial charge on any atom is -0.342 e. The van der Waals surface area contributed by atoms with Gasteiger partial charge in [0.25, 0.3) is 0 Å². The van der Waals surface area contributed by atoms with Crippen molar-refractivity contribution in [3.05, 3.63) is 17.4 Å². The number of amides is 2. The highest BCUT2D eigenvalue weighted by Gasteiger charge is 2.42. The molecule has 138 valence electrons. The Hall–Kier alpha value is -1.56. The molecule has 0 bridgehead atoms. The van der Waals surface area contributed by atoms with E-state index in [-0.39, 0.29) is 23.8 Å². The Bertz CT molecular complexity index is 632. The Morgan fingerprint density at radius 1 is 1.36 bits per heavy atom. The van der Waals surface area contributed by atoms with Crippen LogP contribution in [0.3, 0.4) is 0 Å². The molecule has 0 N–H and O–H groups in total. The van der Waals surface area contributed by atoms with E-state index in [9.17, 15) is 9.59 Å². The zero-order valence-electron chi connectivity index (χ0n) is 14.9. The normalized spacial score (nSPS) is 24.2. The molecule has 0 aliphatic carbocycles. The summed E-state index contributed by atoms with van der Waals surface area (Å²) in [6.07, 6.45) is 8.96. The van der Waals surface area contributed by atoms with Crippen LogP contribution in [-0.4, -0.2) is 57.6 Å². The number of aromatic nitrogens is 2. The van der Waals surface area contributed by atoms with Gasteiger partial charge in [0, 0.05) is 44.2 Å². The molecule has 3 heterocycles. The van der Waals surface area contributed by atoms with Gasteiger partial charge in [-0.1, -0.05) is 24.9 Å². The number of hydrogen-bond acceptors (Lipinski definition) is 3. The molecule has 2 amide bonds. The largest absolute Gasteiger partial charge is 0.342 e. The van der Waals surface area contributed by atoms with E-state index >= 15 is 0 Å². The highest BCUT2D eigenvalue weighted by Crippen LogP contribution is 2.39. The zero-order chi connectivity index (χ0) is 17.9. The van der Waals surface area contributed by atoms with Crippen LogP contribution in [0.1, 0.15) is 45.4 Å². The lowest BCUT2D eigenvalue weighted by Crippen LogP contribution is -2.55. The number of halogens is 1. The molecular weight excluding hydrogens is 340 g/mol. The smallest absolute Gasteiger partial charge is 0.244 e. The van der Waals surface area contributed by atoms with Crippen LogP contribution >= 0.6 is 11.6 Å². The number of piperidine rings is 2. The molecule has 0 radical (unpaired) electrons. The van der Waals surface area contributed by atoms with Gasteiger partial charge >= 0.3 is 0 Å². The first-order valence-corrected chi connectivity index (χ1v) is 9.63. The summed E-state index contributed by atoms with van der Waals surface area (Å²) in [6, 6.07) is 0. The lowest BCUT2D eigenvalue weighted by molar-refractivity contribution is -0.143. The summed E-state index contributed by atoms with van der Waals surface area (Å²) in [5, 5.41) is 4.64. The Labute approximate surface area is 154 Å². The number of likely N-dealkylation sites (tertiary alicyclic amines) is 2. The molecule has 0 unspecified atom stereocenters. The minimum atomic E-state index is 0.0668. The van der Waals surface area contributed by atoms with Crippen LogP contribution in [0.5, 0.6) is 0 Å². The van der Waals surface area contributed by atoms with Gasteiger partial charge in [-0.2, -0.15) is 5.10 Å². The fourth-order valence-electron chi connectivity index (χ4n) is 4.07. The third kappa shape index (κ3) is 4.35. The highest BCUT2D eigenvalue weighted by atomic mass is 35.5. The van der Waals surface area contributed by atoms with Gasteiger partial charge in [-0.05, 0) is 25.7 Å². The van der Waals surface area contributed by atoms with Crippen molar-refractivity contribution in [3.8, 4) is 0 Å². The van der Waals surface area contributed by atoms with Crippen LogP contribution in [0.4, 0.5) is 0 Å². The van der Waals surface area contributed by atoms with Gasteiger partial charge in [-0.3, -0.25) is 14.3 Å². The van der Waals surface area contributed by atoms with Crippen LogP contribution in [0, 0.1) is 5.41 Å². The van der Waals surface area contributed by atoms with Crippen molar-refractivity contribution in [3.63, 3.8) is 0 Å². The van der Waals surface area contributed by atoms with Crippen molar-refractivity contribution in [1.29, 1.82) is 0 Å². The van der Waals surface area contributed by atoms with E-state index in [1.807, 2.05) is 9.80 Å². The molecule has 6 nitrogen and oxygen atoms in total. The second-order valence-electron chi connectivity index (χ2n) is 7.44. The maximum Gasteiger partial charge on any atom is 0.244 e. The van der Waals surface area contributed by atoms with Crippen LogP contribution in [-0.2, 0) is 16.1 Å². The lowest BCUT2D eigenvalue weighted by Gasteiger charge is -2.48. The quantitative estimate of drug-likeness (QED) is 0.804. The summed E-state index contributed by atoms with van der Waals surface area (Å²) in [5.74, 6) is 0.351. The first-order valence-electron chi connectivity index (χ1n) is 9.25. The van der Waals surface area contributed by atoms with Crippen LogP contribution in [0.15, 0.2) is 12.4 Å². The van der Waals surface area contributed by atoms with Crippen molar-refractivity contribution in [2.75, 3.05) is 26.2 Å². The number of carbonyl (C=O) groups excluding carboxylic acids is 2. The number of unbranched alkanes of at least 4 members (excludes halogenated alkanes) is 1. The summed E-state index contributed by atoms with van der Waals surface area (Å²) in [7, 11) is 0. The van der Waals surface area contributed by atoms with Crippen molar-refractivity contribution < 1.29 is 9.59 Å². The molecule has 1 aromatic heterocycles. The predicted octanol–water partition coefficient (Wildman–Crippen LogP) is 2.57. The summed E-state index contributed by atoms with van der Waals surface area (Å²) in [5.41, 5.74) is 0.0668. The molecule has 1 aromatic rings. The van der Waals surface area contributed by atoms with Gasteiger partial charge in [-0.25, -0.2) is 0 Å². The maximum absolute atomic E-state index is 12.7. The van der Waals surface area contributed by atoms with E-state index in [1.165, 1.54) is 0 Å². The van der Waals surface area contributed by atoms with Gasteiger partial charge in [0.05, 0.1) is 11.2 Å². The molecule has 2 aliphatic heterocycles. The summed E-state index contributed by atoms with van der Waals surface area (Å²) in [6.45, 7) is 5.54. The average Bonchev–Trinajstić information content (AvgIpc) is 3.01. The van der Waals surface area contributed by atoms with Gasteiger partial charge < -0.3 is 9.80 Å². The van der Waals surface area contributed by atoms with E-state index < -0.39 is 0 Å². The van der Waals surface area contributed by atoms with Crippen molar-refractivity contribution in [2.45, 2.75) is 52.0 Å². The summed E-state index contributed by atoms with van der Waals surface area (Å²) in [4.78, 5) is 28.8. The summed E-state index contributed by atoms with van der Waals surface area (Å²) >= 11 is 5.87. The first-order chi connectivity index (χ1) is 12.0. The minimum absolute atomic E-state index is 0.0668. The van der Waals surface area contributed by atoms with Gasteiger partial charge in [-0.15, -0.1) is 0 Å². The predicted molar refractivity (Wildman–Crippen MR) is 96.2 cm³/mol. The SMILES string of the molecule is CCCCN1C[C@]2(CCCN(C(=O)Cn3cc(Cl)cn3)C2)CCC1=O. The van der Waals surface area contributed by atoms with Gasteiger partial charge in [0.15, 0.2) is 0 Å². The monoisotopic (exact) mass is 366 g/mol. The van der Waals surface area contributed by atoms with Crippen LogP contribution < -0.4 is 0 Å². The molecule has 7 heteroatoms. The van der Waals surface area contributed by atoms with E-state index in [0.717, 1.165) is 58.3 Å². The molecule has 1 atom stereocenters. The second kappa shape index (κ2) is 7.77. The molecule has 2 aliphatic rings. The highest BCUT2D eigenvalue weighted by molar-refractivity contribution is 6.30. The third-order valence-corrected chi connectivity index (χ3v) is 5.64. The fourth-order valence-corrected chi connectivity index (χ4v) is 4.23. The van der Waals surface area contributed by atoms with Gasteiger partial charge in [0.2, 0.25) is 11.8 Å². The maximum atomic E-state index is 12.7. The average molecular weight is 367 g/mol. The number of hydrogen-bond donors (Lipinski definition) is 0. The second-order valence-corrected chi connectivity index (χ2v) is 7.88. The molecule has 1 spiro atoms. The van der Waals surface area contributed by atoms with E-state index in [1.54, 1.807) is 17.1 Å². The number of nitrogens with zero attached hydrogens (tertiary/aromatic N) is 4. The topological polar surface area (TPSA) is 58.4 Å². The van der Waals surface area contributed by atoms with Gasteiger partial charge in [0.1, 0.15) is 6.54 Å². The molecule has 2 fully saturated rings. The molecule has 25 heavy (non-hydrogen) atoms. The standard InChI is InChI=1S/C18H27ClN4O2/c1-2-3-8-21-13-18(7-5-16(21)24)6-4-9-22(14-18)17(25)12-23-11-15(19)10-20-23/h10-11H,2-9,12-14H2,1H3/t18-/m0/s1. The lowest BCUT2D eigenvalue weighted by atomic mass is 9.73.